The van der Waals surface area contributed by atoms with Crippen molar-refractivity contribution in [2.45, 2.75) is 13.0 Å². The van der Waals surface area contributed by atoms with Crippen LogP contribution in [0.15, 0.2) is 22.6 Å². The lowest BCUT2D eigenvalue weighted by Crippen LogP contribution is -2.04. The minimum absolute atomic E-state index is 0.0700. The topological polar surface area (TPSA) is 64.9 Å². The van der Waals surface area contributed by atoms with Gasteiger partial charge in [-0.15, -0.1) is 10.2 Å². The number of nitrogens with zero attached hydrogens (tertiary/aromatic N) is 2. The smallest absolute Gasteiger partial charge is 0.250 e. The molecule has 1 aromatic heterocycles. The van der Waals surface area contributed by atoms with E-state index in [1.54, 1.807) is 6.92 Å². The van der Waals surface area contributed by atoms with Crippen molar-refractivity contribution >= 4 is 0 Å². The molecule has 0 spiro atoms. The van der Waals surface area contributed by atoms with Crippen LogP contribution in [0.4, 0.5) is 8.78 Å². The molecule has 16 heavy (non-hydrogen) atoms. The molecule has 0 saturated heterocycles. The Kier molecular flexibility index (Phi) is 2.66. The first-order chi connectivity index (χ1) is 7.58. The molecule has 1 atom stereocenters. The molecule has 2 N–H and O–H groups in total. The number of benzene rings is 1. The molecule has 0 fully saturated rings. The Balaban J connectivity index is 2.46. The van der Waals surface area contributed by atoms with Gasteiger partial charge < -0.3 is 10.2 Å². The van der Waals surface area contributed by atoms with Crippen molar-refractivity contribution < 1.29 is 13.2 Å². The molecule has 6 heteroatoms. The highest BCUT2D eigenvalue weighted by Gasteiger charge is 2.15. The van der Waals surface area contributed by atoms with Crippen LogP contribution >= 0.6 is 0 Å². The molecule has 1 unspecified atom stereocenters. The first kappa shape index (κ1) is 10.7. The normalized spacial score (nSPS) is 12.8. The van der Waals surface area contributed by atoms with Gasteiger partial charge in [0.2, 0.25) is 5.89 Å². The van der Waals surface area contributed by atoms with Crippen molar-refractivity contribution in [2.75, 3.05) is 0 Å². The van der Waals surface area contributed by atoms with Gasteiger partial charge >= 0.3 is 0 Å². The van der Waals surface area contributed by atoms with Gasteiger partial charge in [0, 0.05) is 0 Å². The second kappa shape index (κ2) is 3.97. The molecule has 0 aliphatic carbocycles. The molecule has 0 amide bonds. The number of halogens is 2. The standard InChI is InChI=1S/C10H9F2N3O/c1-5(13)9-14-15-10(16-9)7-4-6(11)2-3-8(7)12/h2-5H,13H2,1H3. The molecule has 2 aromatic rings. The van der Waals surface area contributed by atoms with Gasteiger partial charge in [0.1, 0.15) is 11.6 Å². The molecule has 0 saturated carbocycles. The third kappa shape index (κ3) is 1.92. The minimum atomic E-state index is -0.624. The van der Waals surface area contributed by atoms with Crippen LogP contribution in [0, 0.1) is 11.6 Å². The van der Waals surface area contributed by atoms with Crippen molar-refractivity contribution in [1.29, 1.82) is 0 Å². The van der Waals surface area contributed by atoms with E-state index in [1.807, 2.05) is 0 Å². The number of nitrogens with two attached hydrogens (primary N) is 1. The maximum Gasteiger partial charge on any atom is 0.250 e. The van der Waals surface area contributed by atoms with E-state index in [9.17, 15) is 8.78 Å². The van der Waals surface area contributed by atoms with Crippen molar-refractivity contribution in [3.63, 3.8) is 0 Å². The van der Waals surface area contributed by atoms with E-state index in [0.717, 1.165) is 18.2 Å². The van der Waals surface area contributed by atoms with Crippen LogP contribution in [0.2, 0.25) is 0 Å². The van der Waals surface area contributed by atoms with Crippen LogP contribution in [0.1, 0.15) is 18.9 Å². The van der Waals surface area contributed by atoms with Crippen LogP contribution in [-0.2, 0) is 0 Å². The second-order valence-electron chi connectivity index (χ2n) is 3.36. The minimum Gasteiger partial charge on any atom is -0.419 e. The SMILES string of the molecule is CC(N)c1nnc(-c2cc(F)ccc2F)o1. The highest BCUT2D eigenvalue weighted by molar-refractivity contribution is 5.53. The Morgan fingerprint density at radius 3 is 2.69 bits per heavy atom. The quantitative estimate of drug-likeness (QED) is 0.849. The van der Waals surface area contributed by atoms with Gasteiger partial charge in [-0.05, 0) is 25.1 Å². The maximum absolute atomic E-state index is 13.3. The average molecular weight is 225 g/mol. The molecule has 0 bridgehead atoms. The van der Waals surface area contributed by atoms with Gasteiger partial charge in [0.15, 0.2) is 0 Å². The van der Waals surface area contributed by atoms with Crippen molar-refractivity contribution in [2.24, 2.45) is 5.73 Å². The lowest BCUT2D eigenvalue weighted by molar-refractivity contribution is 0.470. The highest BCUT2D eigenvalue weighted by Crippen LogP contribution is 2.23. The molecule has 2 rings (SSSR count). The zero-order chi connectivity index (χ0) is 11.7. The zero-order valence-electron chi connectivity index (χ0n) is 8.45. The lowest BCUT2D eigenvalue weighted by atomic mass is 10.2. The molecule has 1 aromatic carbocycles. The van der Waals surface area contributed by atoms with Crippen LogP contribution in [0.25, 0.3) is 11.5 Å². The largest absolute Gasteiger partial charge is 0.419 e. The average Bonchev–Trinajstić information content (AvgIpc) is 2.70. The van der Waals surface area contributed by atoms with E-state index in [-0.39, 0.29) is 17.3 Å². The summed E-state index contributed by atoms with van der Waals surface area (Å²) in [5.74, 6) is -1.10. The van der Waals surface area contributed by atoms with Gasteiger partial charge in [0.05, 0.1) is 11.6 Å². The molecule has 0 aliphatic heterocycles. The van der Waals surface area contributed by atoms with E-state index in [1.165, 1.54) is 0 Å². The van der Waals surface area contributed by atoms with Gasteiger partial charge in [-0.3, -0.25) is 0 Å². The maximum atomic E-state index is 13.3. The van der Waals surface area contributed by atoms with Gasteiger partial charge in [-0.2, -0.15) is 0 Å². The molecule has 0 aliphatic rings. The Labute approximate surface area is 90.1 Å². The van der Waals surface area contributed by atoms with Gasteiger partial charge in [-0.1, -0.05) is 0 Å². The second-order valence-corrected chi connectivity index (χ2v) is 3.36. The predicted molar refractivity (Wildman–Crippen MR) is 52.3 cm³/mol. The Morgan fingerprint density at radius 2 is 2.06 bits per heavy atom. The molecular formula is C10H9F2N3O. The third-order valence-corrected chi connectivity index (χ3v) is 1.99. The fourth-order valence-corrected chi connectivity index (χ4v) is 1.19. The fourth-order valence-electron chi connectivity index (χ4n) is 1.19. The first-order valence-electron chi connectivity index (χ1n) is 4.62. The summed E-state index contributed by atoms with van der Waals surface area (Å²) in [5.41, 5.74) is 5.44. The molecular weight excluding hydrogens is 216 g/mol. The van der Waals surface area contributed by atoms with E-state index in [0.29, 0.717) is 0 Å². The number of aromatic nitrogens is 2. The number of hydrogen-bond acceptors (Lipinski definition) is 4. The summed E-state index contributed by atoms with van der Waals surface area (Å²) < 4.78 is 31.4. The summed E-state index contributed by atoms with van der Waals surface area (Å²) >= 11 is 0. The zero-order valence-corrected chi connectivity index (χ0v) is 8.45. The van der Waals surface area contributed by atoms with Crippen LogP contribution in [0.3, 0.4) is 0 Å². The van der Waals surface area contributed by atoms with E-state index in [4.69, 9.17) is 10.2 Å². The third-order valence-electron chi connectivity index (χ3n) is 1.99. The van der Waals surface area contributed by atoms with Crippen LogP contribution in [-0.4, -0.2) is 10.2 Å². The summed E-state index contributed by atoms with van der Waals surface area (Å²) in [6.07, 6.45) is 0. The molecule has 1 heterocycles. The summed E-state index contributed by atoms with van der Waals surface area (Å²) in [4.78, 5) is 0. The molecule has 84 valence electrons. The van der Waals surface area contributed by atoms with E-state index >= 15 is 0 Å². The molecule has 0 radical (unpaired) electrons. The van der Waals surface area contributed by atoms with Crippen molar-refractivity contribution in [1.82, 2.24) is 10.2 Å². The molecule has 4 nitrogen and oxygen atoms in total. The Morgan fingerprint density at radius 1 is 1.31 bits per heavy atom. The highest BCUT2D eigenvalue weighted by atomic mass is 19.1. The lowest BCUT2D eigenvalue weighted by Gasteiger charge is -1.98. The fraction of sp³-hybridized carbons (Fsp3) is 0.200. The van der Waals surface area contributed by atoms with Crippen LogP contribution < -0.4 is 5.73 Å². The summed E-state index contributed by atoms with van der Waals surface area (Å²) in [6.45, 7) is 1.65. The number of hydrogen-bond donors (Lipinski definition) is 1. The van der Waals surface area contributed by atoms with Gasteiger partial charge in [-0.25, -0.2) is 8.78 Å². The predicted octanol–water partition coefficient (Wildman–Crippen LogP) is 2.03. The van der Waals surface area contributed by atoms with Crippen molar-refractivity contribution in [3.05, 3.63) is 35.7 Å². The summed E-state index contributed by atoms with van der Waals surface area (Å²) in [5, 5.41) is 7.24. The van der Waals surface area contributed by atoms with Crippen molar-refractivity contribution in [3.8, 4) is 11.5 Å². The van der Waals surface area contributed by atoms with E-state index < -0.39 is 17.7 Å². The Hall–Kier alpha value is -1.82. The number of rotatable bonds is 2. The Bertz CT molecular complexity index is 511. The summed E-state index contributed by atoms with van der Waals surface area (Å²) in [6, 6.07) is 2.56. The van der Waals surface area contributed by atoms with E-state index in [2.05, 4.69) is 10.2 Å². The monoisotopic (exact) mass is 225 g/mol. The first-order valence-corrected chi connectivity index (χ1v) is 4.62. The van der Waals surface area contributed by atoms with Crippen LogP contribution in [0.5, 0.6) is 0 Å². The summed E-state index contributed by atoms with van der Waals surface area (Å²) in [7, 11) is 0. The van der Waals surface area contributed by atoms with Gasteiger partial charge in [0.25, 0.3) is 5.89 Å².